The van der Waals surface area contributed by atoms with Gasteiger partial charge in [-0.15, -0.1) is 0 Å². The van der Waals surface area contributed by atoms with Crippen molar-refractivity contribution >= 4 is 44.7 Å². The van der Waals surface area contributed by atoms with E-state index in [4.69, 9.17) is 0 Å². The first-order chi connectivity index (χ1) is 19.3. The number of hydrogen-bond acceptors (Lipinski definition) is 4. The van der Waals surface area contributed by atoms with Gasteiger partial charge in [0.15, 0.2) is 0 Å². The Morgan fingerprint density at radius 1 is 0.976 bits per heavy atom. The number of halogens is 1. The van der Waals surface area contributed by atoms with Gasteiger partial charge in [0.2, 0.25) is 10.0 Å². The first kappa shape index (κ1) is 30.7. The summed E-state index contributed by atoms with van der Waals surface area (Å²) in [6, 6.07) is 25.2. The van der Waals surface area contributed by atoms with Gasteiger partial charge in [-0.05, 0) is 102 Å². The van der Waals surface area contributed by atoms with Gasteiger partial charge in [0.1, 0.15) is 6.04 Å². The molecule has 1 heterocycles. The molecule has 0 aliphatic carbocycles. The van der Waals surface area contributed by atoms with Crippen LogP contribution in [0.3, 0.4) is 0 Å². The summed E-state index contributed by atoms with van der Waals surface area (Å²) in [6.07, 6.45) is 1.76. The van der Waals surface area contributed by atoms with E-state index in [0.717, 1.165) is 31.8 Å². The Morgan fingerprint density at radius 3 is 2.22 bits per heavy atom. The number of nitrogens with one attached hydrogen (secondary N) is 2. The zero-order valence-electron chi connectivity index (χ0n) is 23.9. The molecule has 1 atom stereocenters. The molecule has 1 aromatic heterocycles. The Kier molecular flexibility index (Phi) is 9.51. The molecule has 7 nitrogen and oxygen atoms in total. The molecular formula is C32H35IN4O3S. The Balaban J connectivity index is 1.53. The van der Waals surface area contributed by atoms with E-state index in [2.05, 4.69) is 87.4 Å². The summed E-state index contributed by atoms with van der Waals surface area (Å²) in [6.45, 7) is 10.6. The summed E-state index contributed by atoms with van der Waals surface area (Å²) >= 11 is 2.11. The fraction of sp³-hybridized carbons (Fsp3) is 0.250. The van der Waals surface area contributed by atoms with E-state index < -0.39 is 22.0 Å². The minimum atomic E-state index is -3.94. The van der Waals surface area contributed by atoms with E-state index >= 15 is 0 Å². The number of nitrogens with zero attached hydrogens (tertiary/aromatic N) is 2. The van der Waals surface area contributed by atoms with Crippen LogP contribution in [0.4, 0.5) is 0 Å². The smallest absolute Gasteiger partial charge is 0.258 e. The van der Waals surface area contributed by atoms with Crippen LogP contribution in [0, 0.1) is 17.4 Å². The summed E-state index contributed by atoms with van der Waals surface area (Å²) in [5, 5.41) is 4.20. The van der Waals surface area contributed by atoms with Gasteiger partial charge in [0, 0.05) is 26.2 Å². The normalized spacial score (nSPS) is 12.9. The van der Waals surface area contributed by atoms with Crippen LogP contribution >= 0.6 is 22.6 Å². The highest BCUT2D eigenvalue weighted by molar-refractivity contribution is 14.1. The third kappa shape index (κ3) is 7.72. The third-order valence-electron chi connectivity index (χ3n) is 6.86. The second kappa shape index (κ2) is 12.7. The van der Waals surface area contributed by atoms with Crippen molar-refractivity contribution in [3.05, 3.63) is 117 Å². The van der Waals surface area contributed by atoms with Crippen molar-refractivity contribution < 1.29 is 13.2 Å². The van der Waals surface area contributed by atoms with E-state index in [1.54, 1.807) is 18.3 Å². The van der Waals surface area contributed by atoms with E-state index in [1.165, 1.54) is 17.7 Å². The summed E-state index contributed by atoms with van der Waals surface area (Å²) < 4.78 is 31.8. The number of hydrazone groups is 1. The van der Waals surface area contributed by atoms with Crippen molar-refractivity contribution in [3.8, 4) is 5.69 Å². The van der Waals surface area contributed by atoms with Crippen molar-refractivity contribution in [2.45, 2.75) is 57.4 Å². The molecule has 2 N–H and O–H groups in total. The van der Waals surface area contributed by atoms with Crippen LogP contribution in [-0.4, -0.2) is 31.1 Å². The number of carbonyl (C=O) groups excluding carboxylic acids is 1. The summed E-state index contributed by atoms with van der Waals surface area (Å²) in [4.78, 5) is 13.3. The standard InChI is InChI=1S/C32H35IN4O3S/c1-22-19-25(23(2)37(22)28-15-11-26(12-16-28)32(3,4)5)21-34-35-31(38)30(20-24-9-7-6-8-10-24)36-41(39,40)29-17-13-27(33)14-18-29/h6-19,21,30,36H,20H2,1-5H3,(H,35,38)/b34-21-/t30-/m1/s1. The molecule has 0 fully saturated rings. The predicted octanol–water partition coefficient (Wildman–Crippen LogP) is 6.04. The number of amides is 1. The summed E-state index contributed by atoms with van der Waals surface area (Å²) in [7, 11) is -3.94. The maximum atomic E-state index is 13.2. The zero-order chi connectivity index (χ0) is 29.8. The lowest BCUT2D eigenvalue weighted by Gasteiger charge is -2.20. The molecule has 0 aliphatic heterocycles. The third-order valence-corrected chi connectivity index (χ3v) is 9.07. The van der Waals surface area contributed by atoms with Crippen LogP contribution in [0.2, 0.25) is 0 Å². The van der Waals surface area contributed by atoms with Gasteiger partial charge in [0.05, 0.1) is 11.1 Å². The van der Waals surface area contributed by atoms with Gasteiger partial charge in [-0.1, -0.05) is 63.2 Å². The average molecular weight is 683 g/mol. The number of rotatable bonds is 9. The van der Waals surface area contributed by atoms with Crippen molar-refractivity contribution in [1.82, 2.24) is 14.7 Å². The van der Waals surface area contributed by atoms with Crippen LogP contribution < -0.4 is 10.1 Å². The lowest BCUT2D eigenvalue weighted by atomic mass is 9.87. The molecule has 0 unspecified atom stereocenters. The highest BCUT2D eigenvalue weighted by Gasteiger charge is 2.26. The van der Waals surface area contributed by atoms with Crippen LogP contribution in [0.15, 0.2) is 94.9 Å². The van der Waals surface area contributed by atoms with E-state index in [9.17, 15) is 13.2 Å². The van der Waals surface area contributed by atoms with Gasteiger partial charge >= 0.3 is 0 Å². The van der Waals surface area contributed by atoms with E-state index in [1.807, 2.05) is 50.2 Å². The number of hydrogen-bond donors (Lipinski definition) is 2. The molecule has 0 spiro atoms. The second-order valence-corrected chi connectivity index (χ2v) is 14.0. The molecular weight excluding hydrogens is 647 g/mol. The number of sulfonamides is 1. The number of aromatic nitrogens is 1. The zero-order valence-corrected chi connectivity index (χ0v) is 26.8. The molecule has 9 heteroatoms. The largest absolute Gasteiger partial charge is 0.318 e. The minimum absolute atomic E-state index is 0.0712. The first-order valence-electron chi connectivity index (χ1n) is 13.3. The molecule has 1 amide bonds. The van der Waals surface area contributed by atoms with Crippen molar-refractivity contribution in [2.24, 2.45) is 5.10 Å². The first-order valence-corrected chi connectivity index (χ1v) is 15.9. The molecule has 0 bridgehead atoms. The topological polar surface area (TPSA) is 92.6 Å². The monoisotopic (exact) mass is 682 g/mol. The fourth-order valence-corrected chi connectivity index (χ4v) is 6.13. The molecule has 0 radical (unpaired) electrons. The van der Waals surface area contributed by atoms with Crippen molar-refractivity contribution in [3.63, 3.8) is 0 Å². The van der Waals surface area contributed by atoms with Crippen molar-refractivity contribution in [1.29, 1.82) is 0 Å². The van der Waals surface area contributed by atoms with Gasteiger partial charge < -0.3 is 4.57 Å². The maximum Gasteiger partial charge on any atom is 0.258 e. The molecule has 214 valence electrons. The van der Waals surface area contributed by atoms with Gasteiger partial charge in [-0.3, -0.25) is 4.79 Å². The highest BCUT2D eigenvalue weighted by Crippen LogP contribution is 2.25. The molecule has 0 aliphatic rings. The number of aryl methyl sites for hydroxylation is 1. The van der Waals surface area contributed by atoms with Gasteiger partial charge in [-0.25, -0.2) is 13.8 Å². The minimum Gasteiger partial charge on any atom is -0.318 e. The SMILES string of the molecule is Cc1cc(/C=N\NC(=O)[C@@H](Cc2ccccc2)NS(=O)(=O)c2ccc(I)cc2)c(C)n1-c1ccc(C(C)(C)C)cc1. The van der Waals surface area contributed by atoms with Gasteiger partial charge in [0.25, 0.3) is 5.91 Å². The lowest BCUT2D eigenvalue weighted by Crippen LogP contribution is -2.46. The highest BCUT2D eigenvalue weighted by atomic mass is 127. The quantitative estimate of drug-likeness (QED) is 0.128. The molecule has 3 aromatic carbocycles. The Morgan fingerprint density at radius 2 is 1.61 bits per heavy atom. The predicted molar refractivity (Wildman–Crippen MR) is 173 cm³/mol. The average Bonchev–Trinajstić information content (AvgIpc) is 3.21. The summed E-state index contributed by atoms with van der Waals surface area (Å²) in [5.41, 5.74) is 8.61. The van der Waals surface area contributed by atoms with Crippen LogP contribution in [0.1, 0.15) is 48.8 Å². The molecule has 0 saturated heterocycles. The van der Waals surface area contributed by atoms with E-state index in [0.29, 0.717) is 0 Å². The molecule has 0 saturated carbocycles. The van der Waals surface area contributed by atoms with Gasteiger partial charge in [-0.2, -0.15) is 9.82 Å². The fourth-order valence-electron chi connectivity index (χ4n) is 4.58. The maximum absolute atomic E-state index is 13.2. The Hall–Kier alpha value is -3.28. The van der Waals surface area contributed by atoms with E-state index in [-0.39, 0.29) is 16.7 Å². The number of benzene rings is 3. The lowest BCUT2D eigenvalue weighted by molar-refractivity contribution is -0.122. The molecule has 4 aromatic rings. The van der Waals surface area contributed by atoms with Crippen LogP contribution in [0.25, 0.3) is 5.69 Å². The second-order valence-electron chi connectivity index (χ2n) is 11.0. The molecule has 4 rings (SSSR count). The Labute approximate surface area is 256 Å². The number of carbonyl (C=O) groups is 1. The van der Waals surface area contributed by atoms with Crippen LogP contribution in [-0.2, 0) is 26.7 Å². The van der Waals surface area contributed by atoms with Crippen molar-refractivity contribution in [2.75, 3.05) is 0 Å². The summed E-state index contributed by atoms with van der Waals surface area (Å²) in [5.74, 6) is -0.550. The van der Waals surface area contributed by atoms with Crippen LogP contribution in [0.5, 0.6) is 0 Å². The molecule has 41 heavy (non-hydrogen) atoms. The Bertz CT molecular complexity index is 1640.